The molecule has 0 N–H and O–H groups in total. The van der Waals surface area contributed by atoms with Crippen LogP contribution >= 0.6 is 0 Å². The van der Waals surface area contributed by atoms with Crippen molar-refractivity contribution in [1.29, 1.82) is 0 Å². The molecule has 0 aromatic rings. The smallest absolute Gasteiger partial charge is 0.480 e. The number of hydrogen-bond acceptors (Lipinski definition) is 4. The van der Waals surface area contributed by atoms with Crippen LogP contribution < -0.4 is 0 Å². The molecule has 4 aliphatic rings. The van der Waals surface area contributed by atoms with Crippen LogP contribution in [0.4, 0.5) is 13.2 Å². The molecule has 4 saturated carbocycles. The van der Waals surface area contributed by atoms with Gasteiger partial charge in [0.05, 0.1) is 5.41 Å². The van der Waals surface area contributed by atoms with Crippen molar-refractivity contribution in [3.05, 3.63) is 4.72 Å². The first-order valence-electron chi connectivity index (χ1n) is 7.29. The Morgan fingerprint density at radius 1 is 1.09 bits per heavy atom. The van der Waals surface area contributed by atoms with Gasteiger partial charge in [0.25, 0.3) is 0 Å². The summed E-state index contributed by atoms with van der Waals surface area (Å²) >= 11 is 0. The van der Waals surface area contributed by atoms with E-state index in [1.807, 2.05) is 0 Å². The minimum atomic E-state index is -5.60. The molecule has 0 aromatic carbocycles. The first kappa shape index (κ1) is 16.0. The van der Waals surface area contributed by atoms with Crippen molar-refractivity contribution in [3.8, 4) is 0 Å². The number of rotatable bonds is 4. The zero-order chi connectivity index (χ0) is 16.2. The van der Waals surface area contributed by atoms with Crippen molar-refractivity contribution in [3.63, 3.8) is 0 Å². The first-order valence-corrected chi connectivity index (χ1v) is 8.73. The highest BCUT2D eigenvalue weighted by atomic mass is 32.2. The molecule has 5 nitrogen and oxygen atoms in total. The average Bonchev–Trinajstić information content (AvgIpc) is 2.35. The second-order valence-electron chi connectivity index (χ2n) is 6.81. The lowest BCUT2D eigenvalue weighted by molar-refractivity contribution is -0.170. The molecule has 22 heavy (non-hydrogen) atoms. The fourth-order valence-corrected chi connectivity index (χ4v) is 5.08. The summed E-state index contributed by atoms with van der Waals surface area (Å²) in [7, 11) is -5.60. The van der Waals surface area contributed by atoms with E-state index >= 15 is 0 Å². The van der Waals surface area contributed by atoms with Gasteiger partial charge >= 0.3 is 11.5 Å². The lowest BCUT2D eigenvalue weighted by atomic mass is 9.49. The Morgan fingerprint density at radius 2 is 1.55 bits per heavy atom. The molecule has 4 aliphatic carbocycles. The fourth-order valence-electron chi connectivity index (χ4n) is 4.74. The van der Waals surface area contributed by atoms with E-state index in [1.54, 1.807) is 0 Å². The molecule has 4 rings (SSSR count). The molecule has 126 valence electrons. The normalized spacial score (nSPS) is 37.3. The van der Waals surface area contributed by atoms with E-state index in [9.17, 15) is 26.4 Å². The van der Waals surface area contributed by atoms with Crippen LogP contribution in [-0.4, -0.2) is 26.6 Å². The van der Waals surface area contributed by atoms with Crippen LogP contribution in [0, 0.1) is 23.2 Å². The number of sulfonamides is 1. The Labute approximate surface area is 126 Å². The molecule has 0 atom stereocenters. The number of nitrogens with zero attached hydrogens (tertiary/aromatic N) is 1. The molecule has 0 unspecified atom stereocenters. The summed E-state index contributed by atoms with van der Waals surface area (Å²) in [6.45, 7) is -1.09. The van der Waals surface area contributed by atoms with Crippen LogP contribution in [0.2, 0.25) is 0 Å². The van der Waals surface area contributed by atoms with Crippen LogP contribution in [0.5, 0.6) is 0 Å². The fraction of sp³-hybridized carbons (Fsp3) is 0.923. The van der Waals surface area contributed by atoms with Crippen LogP contribution in [0.1, 0.15) is 38.5 Å². The molecule has 4 bridgehead atoms. The third-order valence-corrected chi connectivity index (χ3v) is 6.21. The molecular weight excluding hydrogens is 323 g/mol. The van der Waals surface area contributed by atoms with Gasteiger partial charge in [0.2, 0.25) is 0 Å². The summed E-state index contributed by atoms with van der Waals surface area (Å²) in [5.74, 6) is 0.853. The molecular formula is C13H17F3NO4S-. The number of ether oxygens (including phenoxy) is 1. The summed E-state index contributed by atoms with van der Waals surface area (Å²) in [5.41, 5.74) is -6.09. The van der Waals surface area contributed by atoms with Gasteiger partial charge in [-0.2, -0.15) is 13.2 Å². The van der Waals surface area contributed by atoms with E-state index in [0.29, 0.717) is 37.0 Å². The standard InChI is InChI=1S/C13H17F3NO4S/c14-13(15,16)22(19,20)17-7-21-11(18)12-4-8-1-9(5-12)3-10(2-8)6-12/h8-10H,1-7H2/q-1. The van der Waals surface area contributed by atoms with Crippen molar-refractivity contribution >= 4 is 16.0 Å². The maximum absolute atomic E-state index is 12.3. The summed E-state index contributed by atoms with van der Waals surface area (Å²) in [5, 5.41) is 0. The molecule has 0 aliphatic heterocycles. The van der Waals surface area contributed by atoms with Crippen molar-refractivity contribution in [2.45, 2.75) is 44.0 Å². The van der Waals surface area contributed by atoms with E-state index in [1.165, 1.54) is 0 Å². The molecule has 0 amide bonds. The minimum Gasteiger partial charge on any atom is -0.508 e. The maximum Gasteiger partial charge on any atom is 0.480 e. The zero-order valence-electron chi connectivity index (χ0n) is 11.8. The molecule has 0 aromatic heterocycles. The second kappa shape index (κ2) is 5.09. The number of hydrogen-bond donors (Lipinski definition) is 0. The number of carbonyl (C=O) groups excluding carboxylic acids is 1. The van der Waals surface area contributed by atoms with Crippen LogP contribution in [0.15, 0.2) is 0 Å². The number of alkyl halides is 3. The molecule has 0 spiro atoms. The quantitative estimate of drug-likeness (QED) is 0.738. The molecule has 0 heterocycles. The summed E-state index contributed by atoms with van der Waals surface area (Å²) in [6, 6.07) is 0. The molecule has 9 heteroatoms. The summed E-state index contributed by atoms with van der Waals surface area (Å²) in [4.78, 5) is 12.3. The van der Waals surface area contributed by atoms with Crippen molar-refractivity contribution in [2.24, 2.45) is 23.2 Å². The predicted octanol–water partition coefficient (Wildman–Crippen LogP) is 2.93. The zero-order valence-corrected chi connectivity index (χ0v) is 12.6. The highest BCUT2D eigenvalue weighted by Gasteiger charge is 2.55. The maximum atomic E-state index is 12.3. The number of esters is 1. The molecule has 4 fully saturated rings. The van der Waals surface area contributed by atoms with Gasteiger partial charge in [-0.05, 0) is 56.3 Å². The van der Waals surface area contributed by atoms with E-state index in [2.05, 4.69) is 4.72 Å². The monoisotopic (exact) mass is 340 g/mol. The Bertz CT molecular complexity index is 537. The third kappa shape index (κ3) is 2.73. The minimum absolute atomic E-state index is 0.481. The average molecular weight is 340 g/mol. The van der Waals surface area contributed by atoms with Crippen molar-refractivity contribution in [2.75, 3.05) is 6.73 Å². The van der Waals surface area contributed by atoms with Crippen LogP contribution in [0.25, 0.3) is 4.72 Å². The van der Waals surface area contributed by atoms with Crippen molar-refractivity contribution in [1.82, 2.24) is 0 Å². The largest absolute Gasteiger partial charge is 0.508 e. The van der Waals surface area contributed by atoms with Gasteiger partial charge in [0, 0.05) is 6.73 Å². The highest BCUT2D eigenvalue weighted by molar-refractivity contribution is 7.94. The van der Waals surface area contributed by atoms with Gasteiger partial charge in [0.1, 0.15) is 0 Å². The second-order valence-corrected chi connectivity index (χ2v) is 8.48. The van der Waals surface area contributed by atoms with Crippen LogP contribution in [0.3, 0.4) is 0 Å². The van der Waals surface area contributed by atoms with Gasteiger partial charge in [-0.1, -0.05) is 0 Å². The summed E-state index contributed by atoms with van der Waals surface area (Å²) < 4.78 is 65.3. The Balaban J connectivity index is 1.59. The number of carbonyl (C=O) groups is 1. The van der Waals surface area contributed by atoms with E-state index < -0.39 is 33.6 Å². The first-order chi connectivity index (χ1) is 10.1. The van der Waals surface area contributed by atoms with Gasteiger partial charge in [-0.25, -0.2) is 8.42 Å². The van der Waals surface area contributed by atoms with Crippen molar-refractivity contribution < 1.29 is 31.1 Å². The summed E-state index contributed by atoms with van der Waals surface area (Å²) in [6.07, 6.45) is 5.43. The molecule has 0 radical (unpaired) electrons. The Morgan fingerprint density at radius 3 is 1.95 bits per heavy atom. The SMILES string of the molecule is O=C(OC[N-]S(=O)(=O)C(F)(F)F)C12CC3CC(CC(C3)C1)C2. The van der Waals surface area contributed by atoms with Crippen LogP contribution in [-0.2, 0) is 19.6 Å². The van der Waals surface area contributed by atoms with E-state index in [0.717, 1.165) is 19.3 Å². The lowest BCUT2D eigenvalue weighted by Crippen LogP contribution is -2.50. The van der Waals surface area contributed by atoms with Gasteiger partial charge in [-0.3, -0.25) is 4.79 Å². The third-order valence-electron chi connectivity index (χ3n) is 5.18. The number of halogens is 3. The van der Waals surface area contributed by atoms with E-state index in [-0.39, 0.29) is 0 Å². The van der Waals surface area contributed by atoms with Gasteiger partial charge < -0.3 is 9.46 Å². The lowest BCUT2D eigenvalue weighted by Gasteiger charge is -2.55. The van der Waals surface area contributed by atoms with E-state index in [4.69, 9.17) is 4.74 Å². The molecule has 0 saturated heterocycles. The predicted molar refractivity (Wildman–Crippen MR) is 69.9 cm³/mol. The Hall–Kier alpha value is -0.830. The Kier molecular flexibility index (Phi) is 3.71. The van der Waals surface area contributed by atoms with Gasteiger partial charge in [0.15, 0.2) is 10.0 Å². The topological polar surface area (TPSA) is 74.5 Å². The highest BCUT2D eigenvalue weighted by Crippen LogP contribution is 2.60. The van der Waals surface area contributed by atoms with Gasteiger partial charge in [-0.15, -0.1) is 0 Å².